The molecular formula is C25H34N4O2. The molecule has 2 fully saturated rings. The molecule has 0 unspecified atom stereocenters. The number of morpholine rings is 1. The molecule has 166 valence electrons. The summed E-state index contributed by atoms with van der Waals surface area (Å²) in [6.45, 7) is 10.4. The molecule has 0 spiro atoms. The van der Waals surface area contributed by atoms with Crippen molar-refractivity contribution in [2.45, 2.75) is 19.6 Å². The minimum atomic E-state index is -0.0228. The van der Waals surface area contributed by atoms with Crippen LogP contribution >= 0.6 is 0 Å². The molecule has 4 rings (SSSR count). The van der Waals surface area contributed by atoms with E-state index in [0.29, 0.717) is 6.54 Å². The summed E-state index contributed by atoms with van der Waals surface area (Å²) in [7, 11) is 2.18. The summed E-state index contributed by atoms with van der Waals surface area (Å²) in [6.07, 6.45) is 0. The van der Waals surface area contributed by atoms with Gasteiger partial charge in [0, 0.05) is 64.5 Å². The summed E-state index contributed by atoms with van der Waals surface area (Å²) in [6, 6.07) is 16.6. The van der Waals surface area contributed by atoms with E-state index < -0.39 is 0 Å². The quantitative estimate of drug-likeness (QED) is 0.741. The van der Waals surface area contributed by atoms with E-state index in [9.17, 15) is 4.79 Å². The minimum absolute atomic E-state index is 0.0228. The average molecular weight is 423 g/mol. The number of ether oxygens (including phenoxy) is 1. The van der Waals surface area contributed by atoms with Crippen molar-refractivity contribution in [1.29, 1.82) is 0 Å². The van der Waals surface area contributed by atoms with Crippen LogP contribution in [0.25, 0.3) is 0 Å². The van der Waals surface area contributed by atoms with E-state index in [1.165, 1.54) is 11.1 Å². The smallest absolute Gasteiger partial charge is 0.251 e. The number of hydrogen-bond donors (Lipinski definition) is 1. The highest BCUT2D eigenvalue weighted by Crippen LogP contribution is 2.12. The molecule has 0 aromatic heterocycles. The van der Waals surface area contributed by atoms with E-state index in [1.807, 2.05) is 18.2 Å². The third-order valence-corrected chi connectivity index (χ3v) is 6.18. The SMILES string of the molecule is CN1CCN(Cc2ccc(CNC(=O)c3cccc(CN4CCOCC4)c3)cc2)CC1. The third kappa shape index (κ3) is 6.61. The van der Waals surface area contributed by atoms with Crippen molar-refractivity contribution < 1.29 is 9.53 Å². The number of nitrogens with one attached hydrogen (secondary N) is 1. The number of piperazine rings is 1. The summed E-state index contributed by atoms with van der Waals surface area (Å²) in [4.78, 5) is 19.9. The van der Waals surface area contributed by atoms with E-state index in [0.717, 1.165) is 76.7 Å². The molecule has 0 atom stereocenters. The second-order valence-corrected chi connectivity index (χ2v) is 8.67. The van der Waals surface area contributed by atoms with Crippen LogP contribution in [0.3, 0.4) is 0 Å². The first-order valence-electron chi connectivity index (χ1n) is 11.3. The number of carbonyl (C=O) groups excluding carboxylic acids is 1. The van der Waals surface area contributed by atoms with E-state index in [4.69, 9.17) is 4.74 Å². The molecule has 6 nitrogen and oxygen atoms in total. The molecule has 1 N–H and O–H groups in total. The van der Waals surface area contributed by atoms with E-state index in [1.54, 1.807) is 0 Å². The third-order valence-electron chi connectivity index (χ3n) is 6.18. The van der Waals surface area contributed by atoms with Crippen LogP contribution in [-0.4, -0.2) is 80.1 Å². The Kier molecular flexibility index (Phi) is 7.70. The molecular weight excluding hydrogens is 388 g/mol. The zero-order chi connectivity index (χ0) is 21.5. The Hall–Kier alpha value is -2.25. The Morgan fingerprint density at radius 2 is 1.48 bits per heavy atom. The first-order chi connectivity index (χ1) is 15.2. The van der Waals surface area contributed by atoms with E-state index in [2.05, 4.69) is 57.4 Å². The van der Waals surface area contributed by atoms with Gasteiger partial charge in [0.05, 0.1) is 13.2 Å². The van der Waals surface area contributed by atoms with Crippen LogP contribution in [0.1, 0.15) is 27.0 Å². The maximum atomic E-state index is 12.7. The fourth-order valence-corrected chi connectivity index (χ4v) is 4.14. The van der Waals surface area contributed by atoms with Gasteiger partial charge in [-0.1, -0.05) is 36.4 Å². The fraction of sp³-hybridized carbons (Fsp3) is 0.480. The molecule has 6 heteroatoms. The largest absolute Gasteiger partial charge is 0.379 e. The summed E-state index contributed by atoms with van der Waals surface area (Å²) < 4.78 is 5.41. The number of hydrogen-bond acceptors (Lipinski definition) is 5. The normalized spacial score (nSPS) is 18.7. The van der Waals surface area contributed by atoms with Crippen LogP contribution in [0, 0.1) is 0 Å². The molecule has 1 amide bonds. The molecule has 2 aromatic carbocycles. The number of benzene rings is 2. The Labute approximate surface area is 185 Å². The lowest BCUT2D eigenvalue weighted by atomic mass is 10.1. The topological polar surface area (TPSA) is 48.0 Å². The lowest BCUT2D eigenvalue weighted by molar-refractivity contribution is 0.0342. The number of rotatable bonds is 7. The Balaban J connectivity index is 1.26. The summed E-state index contributed by atoms with van der Waals surface area (Å²) in [5.41, 5.74) is 4.34. The minimum Gasteiger partial charge on any atom is -0.379 e. The van der Waals surface area contributed by atoms with Crippen LogP contribution in [0.5, 0.6) is 0 Å². The van der Waals surface area contributed by atoms with Crippen molar-refractivity contribution in [3.63, 3.8) is 0 Å². The van der Waals surface area contributed by atoms with Crippen LogP contribution in [0.2, 0.25) is 0 Å². The molecule has 0 saturated carbocycles. The van der Waals surface area contributed by atoms with Crippen molar-refractivity contribution in [3.8, 4) is 0 Å². The number of nitrogens with zero attached hydrogens (tertiary/aromatic N) is 3. The summed E-state index contributed by atoms with van der Waals surface area (Å²) in [5, 5.41) is 3.06. The van der Waals surface area contributed by atoms with Crippen LogP contribution in [-0.2, 0) is 24.4 Å². The maximum absolute atomic E-state index is 12.7. The molecule has 2 aromatic rings. The van der Waals surface area contributed by atoms with Gasteiger partial charge in [0.1, 0.15) is 0 Å². The highest BCUT2D eigenvalue weighted by Gasteiger charge is 2.14. The average Bonchev–Trinajstić information content (AvgIpc) is 2.81. The fourth-order valence-electron chi connectivity index (χ4n) is 4.14. The molecule has 2 aliphatic heterocycles. The summed E-state index contributed by atoms with van der Waals surface area (Å²) in [5.74, 6) is -0.0228. The Bertz CT molecular complexity index is 841. The van der Waals surface area contributed by atoms with Crippen molar-refractivity contribution >= 4 is 5.91 Å². The predicted octanol–water partition coefficient (Wildman–Crippen LogP) is 2.20. The molecule has 0 bridgehead atoms. The van der Waals surface area contributed by atoms with Gasteiger partial charge >= 0.3 is 0 Å². The zero-order valence-electron chi connectivity index (χ0n) is 18.6. The molecule has 2 saturated heterocycles. The van der Waals surface area contributed by atoms with Crippen molar-refractivity contribution in [2.24, 2.45) is 0 Å². The van der Waals surface area contributed by atoms with E-state index >= 15 is 0 Å². The van der Waals surface area contributed by atoms with Gasteiger partial charge in [0.25, 0.3) is 5.91 Å². The number of amides is 1. The van der Waals surface area contributed by atoms with Gasteiger partial charge in [0.15, 0.2) is 0 Å². The Morgan fingerprint density at radius 3 is 2.23 bits per heavy atom. The predicted molar refractivity (Wildman–Crippen MR) is 123 cm³/mol. The number of likely N-dealkylation sites (N-methyl/N-ethyl adjacent to an activating group) is 1. The standard InChI is InChI=1S/C25H34N4O2/c1-27-9-11-28(12-10-27)19-22-7-5-21(6-8-22)18-26-25(30)24-4-2-3-23(17-24)20-29-13-15-31-16-14-29/h2-8,17H,9-16,18-20H2,1H3,(H,26,30). The van der Waals surface area contributed by atoms with Gasteiger partial charge in [-0.3, -0.25) is 14.6 Å². The van der Waals surface area contributed by atoms with Crippen molar-refractivity contribution in [2.75, 3.05) is 59.5 Å². The van der Waals surface area contributed by atoms with Crippen molar-refractivity contribution in [3.05, 3.63) is 70.8 Å². The van der Waals surface area contributed by atoms with E-state index in [-0.39, 0.29) is 5.91 Å². The van der Waals surface area contributed by atoms with Crippen LogP contribution in [0.4, 0.5) is 0 Å². The zero-order valence-corrected chi connectivity index (χ0v) is 18.6. The molecule has 31 heavy (non-hydrogen) atoms. The second kappa shape index (κ2) is 10.9. The van der Waals surface area contributed by atoms with Gasteiger partial charge in [0.2, 0.25) is 0 Å². The lowest BCUT2D eigenvalue weighted by Gasteiger charge is -2.32. The van der Waals surface area contributed by atoms with Gasteiger partial charge in [-0.05, 0) is 35.9 Å². The van der Waals surface area contributed by atoms with Crippen LogP contribution in [0.15, 0.2) is 48.5 Å². The van der Waals surface area contributed by atoms with Gasteiger partial charge in [-0.15, -0.1) is 0 Å². The molecule has 2 aliphatic rings. The number of carbonyl (C=O) groups is 1. The van der Waals surface area contributed by atoms with Gasteiger partial charge < -0.3 is 15.0 Å². The van der Waals surface area contributed by atoms with Gasteiger partial charge in [-0.2, -0.15) is 0 Å². The second-order valence-electron chi connectivity index (χ2n) is 8.67. The first kappa shape index (κ1) is 22.0. The highest BCUT2D eigenvalue weighted by atomic mass is 16.5. The van der Waals surface area contributed by atoms with Crippen LogP contribution < -0.4 is 5.32 Å². The molecule has 0 radical (unpaired) electrons. The highest BCUT2D eigenvalue weighted by molar-refractivity contribution is 5.94. The monoisotopic (exact) mass is 422 g/mol. The lowest BCUT2D eigenvalue weighted by Crippen LogP contribution is -2.43. The molecule has 2 heterocycles. The van der Waals surface area contributed by atoms with Gasteiger partial charge in [-0.25, -0.2) is 0 Å². The van der Waals surface area contributed by atoms with Crippen molar-refractivity contribution in [1.82, 2.24) is 20.0 Å². The maximum Gasteiger partial charge on any atom is 0.251 e. The first-order valence-corrected chi connectivity index (χ1v) is 11.3. The molecule has 0 aliphatic carbocycles. The summed E-state index contributed by atoms with van der Waals surface area (Å²) >= 11 is 0. The Morgan fingerprint density at radius 1 is 0.839 bits per heavy atom.